The lowest BCUT2D eigenvalue weighted by Crippen LogP contribution is -2.25. The Kier molecular flexibility index (Phi) is 4.76. The molecule has 134 valence electrons. The van der Waals surface area contributed by atoms with Gasteiger partial charge in [0.25, 0.3) is 5.91 Å². The number of sulfone groups is 1. The van der Waals surface area contributed by atoms with Crippen molar-refractivity contribution in [3.05, 3.63) is 23.8 Å². The van der Waals surface area contributed by atoms with Gasteiger partial charge in [0, 0.05) is 6.42 Å². The fourth-order valence-electron chi connectivity index (χ4n) is 2.86. The molecule has 2 heterocycles. The minimum absolute atomic E-state index is 0.00758. The molecule has 1 atom stereocenters. The maximum absolute atomic E-state index is 11.9. The summed E-state index contributed by atoms with van der Waals surface area (Å²) >= 11 is 0. The van der Waals surface area contributed by atoms with E-state index in [1.165, 1.54) is 0 Å². The smallest absolute Gasteiger partial charge is 0.262 e. The highest BCUT2D eigenvalue weighted by molar-refractivity contribution is 7.91. The van der Waals surface area contributed by atoms with E-state index in [0.717, 1.165) is 5.56 Å². The monoisotopic (exact) mass is 365 g/mol. The Morgan fingerprint density at radius 3 is 2.96 bits per heavy atom. The molecule has 2 N–H and O–H groups in total. The molecule has 0 spiro atoms. The number of hydrogen-bond acceptors (Lipinski definition) is 6. The molecule has 8 nitrogen and oxygen atoms in total. The predicted octanol–water partition coefficient (Wildman–Crippen LogP) is 0.683. The number of carbonyl (C=O) groups is 2. The molecule has 25 heavy (non-hydrogen) atoms. The zero-order valence-electron chi connectivity index (χ0n) is 13.7. The Hall–Kier alpha value is -2.42. The molecule has 2 aliphatic rings. The average molecular weight is 365 g/mol. The zero-order valence-corrected chi connectivity index (χ0v) is 14.6. The SMILES string of the molecule is C/C(=N/NC(=O)C[C@H]1CCS(=O)(=O)C1)c1ccc2c(c1)NC(=O)CO2. The van der Waals surface area contributed by atoms with Crippen molar-refractivity contribution in [1.29, 1.82) is 0 Å². The largest absolute Gasteiger partial charge is 0.482 e. The Balaban J connectivity index is 1.61. The maximum atomic E-state index is 11.9. The number of nitrogens with one attached hydrogen (secondary N) is 2. The molecule has 2 amide bonds. The number of hydrazone groups is 1. The summed E-state index contributed by atoms with van der Waals surface area (Å²) in [6.07, 6.45) is 0.660. The highest BCUT2D eigenvalue weighted by atomic mass is 32.2. The topological polar surface area (TPSA) is 114 Å². The van der Waals surface area contributed by atoms with E-state index in [0.29, 0.717) is 23.6 Å². The lowest BCUT2D eigenvalue weighted by atomic mass is 10.1. The van der Waals surface area contributed by atoms with Crippen LogP contribution in [0.2, 0.25) is 0 Å². The van der Waals surface area contributed by atoms with Crippen molar-refractivity contribution in [1.82, 2.24) is 5.43 Å². The Morgan fingerprint density at radius 2 is 2.24 bits per heavy atom. The van der Waals surface area contributed by atoms with Crippen LogP contribution in [0.5, 0.6) is 5.75 Å². The summed E-state index contributed by atoms with van der Waals surface area (Å²) in [5, 5.41) is 6.77. The van der Waals surface area contributed by atoms with E-state index in [1.807, 2.05) is 0 Å². The summed E-state index contributed by atoms with van der Waals surface area (Å²) in [4.78, 5) is 23.3. The van der Waals surface area contributed by atoms with E-state index >= 15 is 0 Å². The number of rotatable bonds is 4. The van der Waals surface area contributed by atoms with Crippen LogP contribution in [0.3, 0.4) is 0 Å². The van der Waals surface area contributed by atoms with E-state index in [4.69, 9.17) is 4.74 Å². The number of fused-ring (bicyclic) bond motifs is 1. The van der Waals surface area contributed by atoms with Gasteiger partial charge in [-0.25, -0.2) is 13.8 Å². The van der Waals surface area contributed by atoms with Crippen LogP contribution in [0.4, 0.5) is 5.69 Å². The van der Waals surface area contributed by atoms with Gasteiger partial charge in [-0.1, -0.05) is 0 Å². The predicted molar refractivity (Wildman–Crippen MR) is 92.3 cm³/mol. The number of ether oxygens (including phenoxy) is 1. The molecule has 1 saturated heterocycles. The van der Waals surface area contributed by atoms with Crippen molar-refractivity contribution in [3.8, 4) is 5.75 Å². The normalized spacial score (nSPS) is 21.9. The highest BCUT2D eigenvalue weighted by Crippen LogP contribution is 2.28. The van der Waals surface area contributed by atoms with Crippen molar-refractivity contribution >= 4 is 33.1 Å². The fourth-order valence-corrected chi connectivity index (χ4v) is 4.72. The number of hydrogen-bond donors (Lipinski definition) is 2. The second-order valence-electron chi connectivity index (χ2n) is 6.25. The lowest BCUT2D eigenvalue weighted by Gasteiger charge is -2.18. The molecule has 9 heteroatoms. The summed E-state index contributed by atoms with van der Waals surface area (Å²) in [5.74, 6) is 0.124. The van der Waals surface area contributed by atoms with Crippen molar-refractivity contribution in [2.24, 2.45) is 11.0 Å². The molecule has 0 unspecified atom stereocenters. The summed E-state index contributed by atoms with van der Waals surface area (Å²) < 4.78 is 28.1. The first-order valence-corrected chi connectivity index (χ1v) is 9.75. The summed E-state index contributed by atoms with van der Waals surface area (Å²) in [7, 11) is -2.99. The molecule has 1 aromatic carbocycles. The van der Waals surface area contributed by atoms with Crippen LogP contribution in [0, 0.1) is 5.92 Å². The molecule has 1 aromatic rings. The standard InChI is InChI=1S/C16H19N3O5S/c1-10(12-2-3-14-13(7-12)17-16(21)8-24-14)18-19-15(20)6-11-4-5-25(22,23)9-11/h2-3,7,11H,4-6,8-9H2,1H3,(H,17,21)(H,19,20)/b18-10-/t11-/m1/s1. The average Bonchev–Trinajstić information content (AvgIpc) is 2.90. The van der Waals surface area contributed by atoms with Crippen LogP contribution in [-0.4, -0.2) is 44.1 Å². The highest BCUT2D eigenvalue weighted by Gasteiger charge is 2.29. The van der Waals surface area contributed by atoms with Gasteiger partial charge >= 0.3 is 0 Å². The van der Waals surface area contributed by atoms with Gasteiger partial charge in [0.1, 0.15) is 5.75 Å². The van der Waals surface area contributed by atoms with E-state index in [1.54, 1.807) is 25.1 Å². The van der Waals surface area contributed by atoms with Crippen LogP contribution in [0.15, 0.2) is 23.3 Å². The fraction of sp³-hybridized carbons (Fsp3) is 0.438. The molecule has 0 aromatic heterocycles. The first-order valence-electron chi connectivity index (χ1n) is 7.93. The number of carbonyl (C=O) groups excluding carboxylic acids is 2. The number of anilines is 1. The molecule has 0 saturated carbocycles. The summed E-state index contributed by atoms with van der Waals surface area (Å²) in [6, 6.07) is 5.24. The quantitative estimate of drug-likeness (QED) is 0.602. The molecular formula is C16H19N3O5S. The second kappa shape index (κ2) is 6.83. The van der Waals surface area contributed by atoms with Crippen LogP contribution < -0.4 is 15.5 Å². The van der Waals surface area contributed by atoms with Crippen LogP contribution in [-0.2, 0) is 19.4 Å². The van der Waals surface area contributed by atoms with Gasteiger partial charge in [-0.2, -0.15) is 5.10 Å². The Labute approximate surface area is 145 Å². The van der Waals surface area contributed by atoms with E-state index in [9.17, 15) is 18.0 Å². The Bertz CT molecular complexity index is 847. The van der Waals surface area contributed by atoms with E-state index in [-0.39, 0.29) is 42.3 Å². The van der Waals surface area contributed by atoms with E-state index in [2.05, 4.69) is 15.8 Å². The van der Waals surface area contributed by atoms with Crippen molar-refractivity contribution in [3.63, 3.8) is 0 Å². The van der Waals surface area contributed by atoms with Gasteiger partial charge in [-0.15, -0.1) is 0 Å². The van der Waals surface area contributed by atoms with Gasteiger partial charge in [-0.05, 0) is 43.0 Å². The summed E-state index contributed by atoms with van der Waals surface area (Å²) in [6.45, 7) is 1.72. The minimum Gasteiger partial charge on any atom is -0.482 e. The van der Waals surface area contributed by atoms with Crippen LogP contribution in [0.1, 0.15) is 25.3 Å². The first-order chi connectivity index (χ1) is 11.8. The van der Waals surface area contributed by atoms with Crippen molar-refractivity contribution < 1.29 is 22.7 Å². The Morgan fingerprint density at radius 1 is 1.44 bits per heavy atom. The van der Waals surface area contributed by atoms with E-state index < -0.39 is 9.84 Å². The third kappa shape index (κ3) is 4.36. The number of nitrogens with zero attached hydrogens (tertiary/aromatic N) is 1. The van der Waals surface area contributed by atoms with Gasteiger partial charge in [0.05, 0.1) is 22.9 Å². The number of amides is 2. The van der Waals surface area contributed by atoms with Crippen LogP contribution in [0.25, 0.3) is 0 Å². The molecule has 0 radical (unpaired) electrons. The van der Waals surface area contributed by atoms with Crippen LogP contribution >= 0.6 is 0 Å². The molecule has 0 bridgehead atoms. The third-order valence-electron chi connectivity index (χ3n) is 4.18. The third-order valence-corrected chi connectivity index (χ3v) is 6.02. The number of benzene rings is 1. The molecular weight excluding hydrogens is 346 g/mol. The van der Waals surface area contributed by atoms with Gasteiger partial charge in [0.2, 0.25) is 5.91 Å². The molecule has 1 fully saturated rings. The molecule has 2 aliphatic heterocycles. The van der Waals surface area contributed by atoms with Crippen molar-refractivity contribution in [2.45, 2.75) is 19.8 Å². The molecule has 0 aliphatic carbocycles. The summed E-state index contributed by atoms with van der Waals surface area (Å²) in [5.41, 5.74) is 4.32. The van der Waals surface area contributed by atoms with Gasteiger partial charge < -0.3 is 10.1 Å². The maximum Gasteiger partial charge on any atom is 0.262 e. The minimum atomic E-state index is -2.99. The second-order valence-corrected chi connectivity index (χ2v) is 8.48. The zero-order chi connectivity index (χ0) is 18.0. The van der Waals surface area contributed by atoms with Crippen molar-refractivity contribution in [2.75, 3.05) is 23.4 Å². The van der Waals surface area contributed by atoms with Gasteiger partial charge in [0.15, 0.2) is 16.4 Å². The molecule has 3 rings (SSSR count). The van der Waals surface area contributed by atoms with Gasteiger partial charge in [-0.3, -0.25) is 9.59 Å². The lowest BCUT2D eigenvalue weighted by molar-refractivity contribution is -0.122. The first kappa shape index (κ1) is 17.4.